The number of piperidine rings is 1. The molecule has 170 valence electrons. The van der Waals surface area contributed by atoms with Gasteiger partial charge >= 0.3 is 0 Å². The lowest BCUT2D eigenvalue weighted by Gasteiger charge is -2.35. The van der Waals surface area contributed by atoms with Crippen LogP contribution in [0.25, 0.3) is 0 Å². The molecule has 0 spiro atoms. The predicted molar refractivity (Wildman–Crippen MR) is 133 cm³/mol. The van der Waals surface area contributed by atoms with E-state index in [2.05, 4.69) is 36.3 Å². The number of halogens is 2. The summed E-state index contributed by atoms with van der Waals surface area (Å²) >= 11 is 0. The third-order valence-electron chi connectivity index (χ3n) is 5.73. The minimum atomic E-state index is -0.182. The van der Waals surface area contributed by atoms with Crippen molar-refractivity contribution in [1.29, 1.82) is 0 Å². The van der Waals surface area contributed by atoms with Gasteiger partial charge in [0, 0.05) is 44.8 Å². The quantitative estimate of drug-likeness (QED) is 0.334. The van der Waals surface area contributed by atoms with Crippen molar-refractivity contribution in [3.05, 3.63) is 29.6 Å². The van der Waals surface area contributed by atoms with Gasteiger partial charge in [-0.2, -0.15) is 0 Å². The first-order chi connectivity index (χ1) is 14.1. The first-order valence-corrected chi connectivity index (χ1v) is 11.0. The second-order valence-corrected chi connectivity index (χ2v) is 8.13. The number of hydrogen-bond acceptors (Lipinski definition) is 4. The average Bonchev–Trinajstić information content (AvgIpc) is 2.73. The molecule has 6 nitrogen and oxygen atoms in total. The fourth-order valence-electron chi connectivity index (χ4n) is 3.95. The van der Waals surface area contributed by atoms with Crippen LogP contribution in [0.2, 0.25) is 0 Å². The number of likely N-dealkylation sites (tertiary alicyclic amines) is 1. The molecule has 2 aliphatic heterocycles. The zero-order valence-corrected chi connectivity index (χ0v) is 20.8. The van der Waals surface area contributed by atoms with E-state index in [1.54, 1.807) is 6.07 Å². The second kappa shape index (κ2) is 12.7. The Labute approximate surface area is 197 Å². The number of aliphatic imine (C=N–C) groups is 1. The van der Waals surface area contributed by atoms with Gasteiger partial charge in [0.25, 0.3) is 0 Å². The largest absolute Gasteiger partial charge is 0.378 e. The highest BCUT2D eigenvalue weighted by Gasteiger charge is 2.21. The van der Waals surface area contributed by atoms with Crippen LogP contribution in [0.1, 0.15) is 39.2 Å². The van der Waals surface area contributed by atoms with Crippen LogP contribution in [0.15, 0.2) is 23.2 Å². The standard InChI is InChI=1S/C22H36FN5O.HI/c1-4-24-22(26-19-7-9-27(10-8-19)17(2)3)25-16-18-5-6-21(20(23)15-18)28-11-13-29-14-12-28;/h5-6,15,17,19H,4,7-14,16H2,1-3H3,(H2,24,25,26);1H. The molecule has 0 aromatic heterocycles. The van der Waals surface area contributed by atoms with Gasteiger partial charge in [-0.25, -0.2) is 9.38 Å². The number of nitrogens with one attached hydrogen (secondary N) is 2. The van der Waals surface area contributed by atoms with Crippen LogP contribution in [0, 0.1) is 5.82 Å². The molecule has 2 heterocycles. The molecule has 0 radical (unpaired) electrons. The highest BCUT2D eigenvalue weighted by molar-refractivity contribution is 14.0. The van der Waals surface area contributed by atoms with E-state index in [9.17, 15) is 4.39 Å². The van der Waals surface area contributed by atoms with E-state index in [4.69, 9.17) is 9.73 Å². The molecule has 1 aromatic carbocycles. The van der Waals surface area contributed by atoms with Gasteiger partial charge in [0.1, 0.15) is 5.82 Å². The summed E-state index contributed by atoms with van der Waals surface area (Å²) in [6.45, 7) is 12.8. The third kappa shape index (κ3) is 7.23. The topological polar surface area (TPSA) is 52.1 Å². The summed E-state index contributed by atoms with van der Waals surface area (Å²) in [7, 11) is 0. The van der Waals surface area contributed by atoms with Crippen molar-refractivity contribution in [2.45, 2.75) is 52.2 Å². The van der Waals surface area contributed by atoms with Crippen molar-refractivity contribution in [2.24, 2.45) is 4.99 Å². The van der Waals surface area contributed by atoms with E-state index in [1.807, 2.05) is 17.0 Å². The molecule has 8 heteroatoms. The van der Waals surface area contributed by atoms with Crippen LogP contribution in [0.3, 0.4) is 0 Å². The van der Waals surface area contributed by atoms with Crippen molar-refractivity contribution in [2.75, 3.05) is 50.8 Å². The molecule has 0 saturated carbocycles. The number of rotatable bonds is 6. The van der Waals surface area contributed by atoms with E-state index in [1.165, 1.54) is 0 Å². The molecule has 0 unspecified atom stereocenters. The highest BCUT2D eigenvalue weighted by atomic mass is 127. The van der Waals surface area contributed by atoms with Crippen LogP contribution in [-0.2, 0) is 11.3 Å². The lowest BCUT2D eigenvalue weighted by molar-refractivity contribution is 0.122. The van der Waals surface area contributed by atoms with Crippen LogP contribution in [0.4, 0.5) is 10.1 Å². The van der Waals surface area contributed by atoms with Gasteiger partial charge in [-0.3, -0.25) is 0 Å². The molecule has 3 rings (SSSR count). The van der Waals surface area contributed by atoms with E-state index in [0.29, 0.717) is 37.5 Å². The summed E-state index contributed by atoms with van der Waals surface area (Å²) in [5, 5.41) is 6.88. The molecular weight excluding hydrogens is 496 g/mol. The van der Waals surface area contributed by atoms with Gasteiger partial charge in [0.15, 0.2) is 5.96 Å². The first kappa shape index (κ1) is 25.1. The fourth-order valence-corrected chi connectivity index (χ4v) is 3.95. The maximum Gasteiger partial charge on any atom is 0.191 e. The van der Waals surface area contributed by atoms with Gasteiger partial charge in [-0.05, 0) is 51.3 Å². The number of anilines is 1. The fraction of sp³-hybridized carbons (Fsp3) is 0.682. The molecule has 0 amide bonds. The number of nitrogens with zero attached hydrogens (tertiary/aromatic N) is 3. The number of guanidine groups is 1. The molecule has 2 saturated heterocycles. The highest BCUT2D eigenvalue weighted by Crippen LogP contribution is 2.22. The number of morpholine rings is 1. The minimum absolute atomic E-state index is 0. The Hall–Kier alpha value is -1.13. The molecule has 1 aromatic rings. The first-order valence-electron chi connectivity index (χ1n) is 11.0. The Morgan fingerprint density at radius 1 is 1.20 bits per heavy atom. The SMILES string of the molecule is CCNC(=NCc1ccc(N2CCOCC2)c(F)c1)NC1CCN(C(C)C)CC1.I. The van der Waals surface area contributed by atoms with E-state index in [0.717, 1.165) is 57.1 Å². The van der Waals surface area contributed by atoms with E-state index >= 15 is 0 Å². The van der Waals surface area contributed by atoms with Crippen molar-refractivity contribution in [3.8, 4) is 0 Å². The normalized spacial score (nSPS) is 19.0. The second-order valence-electron chi connectivity index (χ2n) is 8.13. The summed E-state index contributed by atoms with van der Waals surface area (Å²) < 4.78 is 20.0. The Morgan fingerprint density at radius 3 is 2.50 bits per heavy atom. The summed E-state index contributed by atoms with van der Waals surface area (Å²) in [5.41, 5.74) is 1.54. The Balaban J connectivity index is 0.00000320. The molecule has 2 aliphatic rings. The van der Waals surface area contributed by atoms with Crippen LogP contribution in [0.5, 0.6) is 0 Å². The predicted octanol–water partition coefficient (Wildman–Crippen LogP) is 3.21. The van der Waals surface area contributed by atoms with E-state index < -0.39 is 0 Å². The smallest absolute Gasteiger partial charge is 0.191 e. The molecule has 30 heavy (non-hydrogen) atoms. The van der Waals surface area contributed by atoms with Crippen molar-refractivity contribution in [3.63, 3.8) is 0 Å². The van der Waals surface area contributed by atoms with Crippen molar-refractivity contribution >= 4 is 35.6 Å². The number of benzene rings is 1. The Morgan fingerprint density at radius 2 is 1.90 bits per heavy atom. The third-order valence-corrected chi connectivity index (χ3v) is 5.73. The van der Waals surface area contributed by atoms with E-state index in [-0.39, 0.29) is 29.8 Å². The summed E-state index contributed by atoms with van der Waals surface area (Å²) in [6, 6.07) is 6.49. The summed E-state index contributed by atoms with van der Waals surface area (Å²) in [5.74, 6) is 0.631. The van der Waals surface area contributed by atoms with Crippen molar-refractivity contribution in [1.82, 2.24) is 15.5 Å². The number of ether oxygens (including phenoxy) is 1. The summed E-state index contributed by atoms with van der Waals surface area (Å²) in [6.07, 6.45) is 2.23. The van der Waals surface area contributed by atoms with Gasteiger partial charge in [-0.15, -0.1) is 24.0 Å². The Kier molecular flexibility index (Phi) is 10.6. The van der Waals surface area contributed by atoms with Gasteiger partial charge < -0.3 is 25.2 Å². The lowest BCUT2D eigenvalue weighted by atomic mass is 10.0. The summed E-state index contributed by atoms with van der Waals surface area (Å²) in [4.78, 5) is 9.25. The minimum Gasteiger partial charge on any atom is -0.378 e. The maximum atomic E-state index is 14.6. The van der Waals surface area contributed by atoms with Gasteiger partial charge in [0.05, 0.1) is 25.4 Å². The van der Waals surface area contributed by atoms with Gasteiger partial charge in [0.2, 0.25) is 0 Å². The maximum absolute atomic E-state index is 14.6. The number of hydrogen-bond donors (Lipinski definition) is 2. The van der Waals surface area contributed by atoms with Crippen LogP contribution in [-0.4, -0.2) is 68.9 Å². The van der Waals surface area contributed by atoms with Crippen LogP contribution < -0.4 is 15.5 Å². The zero-order valence-electron chi connectivity index (χ0n) is 18.5. The van der Waals surface area contributed by atoms with Gasteiger partial charge in [-0.1, -0.05) is 6.07 Å². The average molecular weight is 533 g/mol. The lowest BCUT2D eigenvalue weighted by Crippen LogP contribution is -2.49. The zero-order chi connectivity index (χ0) is 20.6. The van der Waals surface area contributed by atoms with Crippen LogP contribution >= 0.6 is 24.0 Å². The molecule has 2 fully saturated rings. The Bertz CT molecular complexity index is 673. The molecule has 0 atom stereocenters. The molecule has 0 aliphatic carbocycles. The molecule has 0 bridgehead atoms. The van der Waals surface area contributed by atoms with Crippen molar-refractivity contribution < 1.29 is 9.13 Å². The molecule has 2 N–H and O–H groups in total. The molecular formula is C22H37FIN5O. The monoisotopic (exact) mass is 533 g/mol.